The van der Waals surface area contributed by atoms with Crippen molar-refractivity contribution in [1.82, 2.24) is 0 Å². The van der Waals surface area contributed by atoms with Gasteiger partial charge in [-0.05, 0) is 24.3 Å². The van der Waals surface area contributed by atoms with Gasteiger partial charge in [0.1, 0.15) is 0 Å². The van der Waals surface area contributed by atoms with Crippen LogP contribution in [0, 0.1) is 0 Å². The molecule has 0 aliphatic carbocycles. The lowest BCUT2D eigenvalue weighted by Crippen LogP contribution is -2.44. The Morgan fingerprint density at radius 2 is 1.62 bits per heavy atom. The van der Waals surface area contributed by atoms with Gasteiger partial charge >= 0.3 is 0 Å². The summed E-state index contributed by atoms with van der Waals surface area (Å²) in [4.78, 5) is 13.3. The minimum atomic E-state index is -1.74. The fourth-order valence-electron chi connectivity index (χ4n) is 2.39. The Bertz CT molecular complexity index is 712. The number of amides is 1. The van der Waals surface area contributed by atoms with Gasteiger partial charge in [-0.1, -0.05) is 41.9 Å². The number of rotatable bonds is 2. The second kappa shape index (κ2) is 4.91. The molecule has 0 saturated carbocycles. The number of aliphatic hydroxyl groups is 2. The first-order chi connectivity index (χ1) is 10.0. The molecule has 2 aromatic rings. The molecular formula is C16H12ClNO3. The van der Waals surface area contributed by atoms with Crippen molar-refractivity contribution in [2.45, 2.75) is 5.72 Å². The number of halogens is 1. The molecule has 2 aromatic carbocycles. The minimum absolute atomic E-state index is 0.438. The fraction of sp³-hybridized carbons (Fsp3) is 0.0625. The summed E-state index contributed by atoms with van der Waals surface area (Å²) in [6.45, 7) is 0. The van der Waals surface area contributed by atoms with Crippen LogP contribution in [0.1, 0.15) is 5.56 Å². The molecule has 1 atom stereocenters. The molecule has 1 amide bonds. The maximum absolute atomic E-state index is 12.2. The highest BCUT2D eigenvalue weighted by molar-refractivity contribution is 6.30. The van der Waals surface area contributed by atoms with E-state index in [1.165, 1.54) is 0 Å². The number of para-hydroxylation sites is 1. The van der Waals surface area contributed by atoms with Crippen LogP contribution in [0.5, 0.6) is 0 Å². The zero-order valence-electron chi connectivity index (χ0n) is 10.9. The molecule has 0 spiro atoms. The van der Waals surface area contributed by atoms with Gasteiger partial charge in [0, 0.05) is 22.3 Å². The maximum atomic E-state index is 12.2. The molecule has 1 aliphatic heterocycles. The monoisotopic (exact) mass is 301 g/mol. The minimum Gasteiger partial charge on any atom is -0.503 e. The molecule has 106 valence electrons. The molecular weight excluding hydrogens is 290 g/mol. The van der Waals surface area contributed by atoms with E-state index in [0.717, 1.165) is 11.0 Å². The third kappa shape index (κ3) is 2.18. The number of hydrogen-bond acceptors (Lipinski definition) is 3. The highest BCUT2D eigenvalue weighted by Crippen LogP contribution is 2.38. The van der Waals surface area contributed by atoms with Crippen molar-refractivity contribution in [3.8, 4) is 0 Å². The number of anilines is 1. The van der Waals surface area contributed by atoms with E-state index in [-0.39, 0.29) is 0 Å². The Morgan fingerprint density at radius 1 is 1.00 bits per heavy atom. The first kappa shape index (κ1) is 13.7. The highest BCUT2D eigenvalue weighted by Gasteiger charge is 2.46. The van der Waals surface area contributed by atoms with Crippen molar-refractivity contribution in [3.05, 3.63) is 77.0 Å². The van der Waals surface area contributed by atoms with E-state index in [1.807, 2.05) is 0 Å². The lowest BCUT2D eigenvalue weighted by molar-refractivity contribution is -0.119. The number of benzene rings is 2. The highest BCUT2D eigenvalue weighted by atomic mass is 35.5. The zero-order chi connectivity index (χ0) is 15.0. The van der Waals surface area contributed by atoms with Gasteiger partial charge in [0.05, 0.1) is 0 Å². The fourth-order valence-corrected chi connectivity index (χ4v) is 2.51. The van der Waals surface area contributed by atoms with Gasteiger partial charge in [-0.25, -0.2) is 0 Å². The van der Waals surface area contributed by atoms with Crippen LogP contribution < -0.4 is 4.90 Å². The Labute approximate surface area is 126 Å². The lowest BCUT2D eigenvalue weighted by Gasteiger charge is -2.33. The molecule has 4 nitrogen and oxygen atoms in total. The Hall–Kier alpha value is -2.30. The summed E-state index contributed by atoms with van der Waals surface area (Å²) in [5.41, 5.74) is -0.819. The Kier molecular flexibility index (Phi) is 3.20. The van der Waals surface area contributed by atoms with Crippen molar-refractivity contribution < 1.29 is 15.0 Å². The SMILES string of the molecule is O=C1C(O)=C[C@@](O)(c2ccc(Cl)cc2)N1c1ccccc1. The van der Waals surface area contributed by atoms with E-state index < -0.39 is 17.4 Å². The Morgan fingerprint density at radius 3 is 2.24 bits per heavy atom. The molecule has 3 rings (SSSR count). The van der Waals surface area contributed by atoms with Crippen molar-refractivity contribution >= 4 is 23.2 Å². The smallest absolute Gasteiger partial charge is 0.295 e. The van der Waals surface area contributed by atoms with E-state index in [2.05, 4.69) is 0 Å². The van der Waals surface area contributed by atoms with Gasteiger partial charge in [-0.2, -0.15) is 0 Å². The van der Waals surface area contributed by atoms with Crippen LogP contribution in [0.25, 0.3) is 0 Å². The van der Waals surface area contributed by atoms with Gasteiger partial charge in [0.2, 0.25) is 0 Å². The normalized spacial score (nSPS) is 21.5. The summed E-state index contributed by atoms with van der Waals surface area (Å²) < 4.78 is 0. The van der Waals surface area contributed by atoms with E-state index in [4.69, 9.17) is 11.6 Å². The predicted octanol–water partition coefficient (Wildman–Crippen LogP) is 2.97. The number of hydrogen-bond donors (Lipinski definition) is 2. The predicted molar refractivity (Wildman–Crippen MR) is 80.0 cm³/mol. The average Bonchev–Trinajstić information content (AvgIpc) is 2.71. The molecule has 1 aliphatic rings. The third-order valence-corrected chi connectivity index (χ3v) is 3.64. The van der Waals surface area contributed by atoms with Gasteiger partial charge in [-0.15, -0.1) is 0 Å². The van der Waals surface area contributed by atoms with Crippen molar-refractivity contribution in [2.24, 2.45) is 0 Å². The lowest BCUT2D eigenvalue weighted by atomic mass is 10.0. The van der Waals surface area contributed by atoms with Crippen LogP contribution in [-0.2, 0) is 10.5 Å². The van der Waals surface area contributed by atoms with Crippen LogP contribution in [0.15, 0.2) is 66.4 Å². The molecule has 1 heterocycles. The molecule has 21 heavy (non-hydrogen) atoms. The number of carbonyl (C=O) groups excluding carboxylic acids is 1. The summed E-state index contributed by atoms with van der Waals surface area (Å²) in [5, 5.41) is 21.2. The van der Waals surface area contributed by atoms with Crippen molar-refractivity contribution in [3.63, 3.8) is 0 Å². The molecule has 0 fully saturated rings. The van der Waals surface area contributed by atoms with Gasteiger partial charge in [0.15, 0.2) is 11.5 Å². The summed E-state index contributed by atoms with van der Waals surface area (Å²) in [6.07, 6.45) is 1.13. The standard InChI is InChI=1S/C16H12ClNO3/c17-12-8-6-11(7-9-12)16(21)10-14(19)15(20)18(16)13-4-2-1-3-5-13/h1-10,19,21H/t16-/m1/s1. The molecule has 0 radical (unpaired) electrons. The third-order valence-electron chi connectivity index (χ3n) is 3.38. The second-order valence-electron chi connectivity index (χ2n) is 4.74. The topological polar surface area (TPSA) is 60.8 Å². The number of nitrogens with zero attached hydrogens (tertiary/aromatic N) is 1. The van der Waals surface area contributed by atoms with Gasteiger partial charge in [0.25, 0.3) is 5.91 Å². The zero-order valence-corrected chi connectivity index (χ0v) is 11.7. The molecule has 0 aromatic heterocycles. The van der Waals surface area contributed by atoms with E-state index in [1.54, 1.807) is 54.6 Å². The van der Waals surface area contributed by atoms with Crippen LogP contribution in [0.3, 0.4) is 0 Å². The molecule has 0 bridgehead atoms. The van der Waals surface area contributed by atoms with Crippen LogP contribution >= 0.6 is 11.6 Å². The number of aliphatic hydroxyl groups excluding tert-OH is 1. The van der Waals surface area contributed by atoms with Crippen molar-refractivity contribution in [1.29, 1.82) is 0 Å². The van der Waals surface area contributed by atoms with Crippen molar-refractivity contribution in [2.75, 3.05) is 4.90 Å². The van der Waals surface area contributed by atoms with E-state index >= 15 is 0 Å². The molecule has 2 N–H and O–H groups in total. The quantitative estimate of drug-likeness (QED) is 0.896. The second-order valence-corrected chi connectivity index (χ2v) is 5.18. The molecule has 0 saturated heterocycles. The summed E-state index contributed by atoms with van der Waals surface area (Å²) in [5.74, 6) is -1.14. The molecule has 5 heteroatoms. The first-order valence-electron chi connectivity index (χ1n) is 6.32. The summed E-state index contributed by atoms with van der Waals surface area (Å²) in [7, 11) is 0. The van der Waals surface area contributed by atoms with Crippen LogP contribution in [0.4, 0.5) is 5.69 Å². The number of carbonyl (C=O) groups is 1. The van der Waals surface area contributed by atoms with E-state index in [9.17, 15) is 15.0 Å². The van der Waals surface area contributed by atoms with Gasteiger partial charge < -0.3 is 10.2 Å². The van der Waals surface area contributed by atoms with Crippen LogP contribution in [0.2, 0.25) is 5.02 Å². The van der Waals surface area contributed by atoms with E-state index in [0.29, 0.717) is 16.3 Å². The largest absolute Gasteiger partial charge is 0.503 e. The summed E-state index contributed by atoms with van der Waals surface area (Å²) >= 11 is 5.85. The molecule has 0 unspecified atom stereocenters. The van der Waals surface area contributed by atoms with Gasteiger partial charge in [-0.3, -0.25) is 9.69 Å². The maximum Gasteiger partial charge on any atom is 0.295 e. The average molecular weight is 302 g/mol. The Balaban J connectivity index is 2.14. The first-order valence-corrected chi connectivity index (χ1v) is 6.70. The summed E-state index contributed by atoms with van der Waals surface area (Å²) in [6, 6.07) is 15.1. The van der Waals surface area contributed by atoms with Crippen LogP contribution in [-0.4, -0.2) is 16.1 Å².